The van der Waals surface area contributed by atoms with E-state index in [-0.39, 0.29) is 0 Å². The zero-order valence-corrected chi connectivity index (χ0v) is 11.8. The largest absolute Gasteiger partial charge is 0.469 e. The molecule has 2 aromatic rings. The van der Waals surface area contributed by atoms with Gasteiger partial charge in [-0.1, -0.05) is 11.8 Å². The topological polar surface area (TPSA) is 52.1 Å². The monoisotopic (exact) mass is 304 g/mol. The average Bonchev–Trinajstić information content (AvgIpc) is 2.76. The highest BCUT2D eigenvalue weighted by Gasteiger charge is 2.51. The maximum Gasteiger partial charge on any atom is 0.276 e. The Morgan fingerprint density at radius 3 is 2.89 bits per heavy atom. The molecule has 96 valence electrons. The second-order valence-corrected chi connectivity index (χ2v) is 6.75. The third-order valence-electron chi connectivity index (χ3n) is 2.86. The summed E-state index contributed by atoms with van der Waals surface area (Å²) in [6, 6.07) is 1.81. The zero-order chi connectivity index (χ0) is 12.8. The van der Waals surface area contributed by atoms with Gasteiger partial charge in [-0.3, -0.25) is 0 Å². The molecule has 2 heterocycles. The predicted octanol–water partition coefficient (Wildman–Crippen LogP) is 3.92. The Hall–Kier alpha value is -0.650. The quantitative estimate of drug-likeness (QED) is 0.633. The number of hydrogen-bond acceptors (Lipinski definition) is 5. The molecular weight excluding hydrogens is 295 g/mol. The van der Waals surface area contributed by atoms with Crippen LogP contribution < -0.4 is 0 Å². The third kappa shape index (κ3) is 2.39. The number of hydrogen-bond donors (Lipinski definition) is 0. The number of furan rings is 1. The molecule has 2 aromatic heterocycles. The lowest BCUT2D eigenvalue weighted by Crippen LogP contribution is -1.92. The van der Waals surface area contributed by atoms with Gasteiger partial charge >= 0.3 is 0 Å². The van der Waals surface area contributed by atoms with Crippen LogP contribution in [0.2, 0.25) is 0 Å². The molecule has 0 saturated heterocycles. The van der Waals surface area contributed by atoms with Crippen molar-refractivity contribution in [2.45, 2.75) is 22.9 Å². The molecule has 0 radical (unpaired) electrons. The Labute approximate surface area is 118 Å². The maximum atomic E-state index is 5.95. The fourth-order valence-corrected chi connectivity index (χ4v) is 3.30. The molecular formula is C11H10Cl2N2O2S. The normalized spacial score (nSPS) is 21.2. The molecule has 7 heteroatoms. The molecule has 0 aliphatic heterocycles. The van der Waals surface area contributed by atoms with Crippen LogP contribution >= 0.6 is 35.0 Å². The minimum Gasteiger partial charge on any atom is -0.469 e. The van der Waals surface area contributed by atoms with E-state index in [2.05, 4.69) is 10.2 Å². The maximum absolute atomic E-state index is 5.95. The fraction of sp³-hybridized carbons (Fsp3) is 0.455. The number of aryl methyl sites for hydroxylation is 1. The van der Waals surface area contributed by atoms with Gasteiger partial charge in [0.15, 0.2) is 0 Å². The fourth-order valence-electron chi connectivity index (χ4n) is 1.61. The molecule has 1 aliphatic rings. The first-order chi connectivity index (χ1) is 8.56. The first-order valence-corrected chi connectivity index (χ1v) is 7.19. The lowest BCUT2D eigenvalue weighted by Gasteiger charge is -1.96. The van der Waals surface area contributed by atoms with Gasteiger partial charge in [-0.2, -0.15) is 0 Å². The first-order valence-electron chi connectivity index (χ1n) is 5.45. The van der Waals surface area contributed by atoms with Crippen LogP contribution in [0.4, 0.5) is 0 Å². The molecule has 1 atom stereocenters. The van der Waals surface area contributed by atoms with E-state index in [9.17, 15) is 0 Å². The SMILES string of the molecule is Cc1occc1-c1nnc(SCC2CC2(Cl)Cl)o1. The molecule has 1 aliphatic carbocycles. The number of rotatable bonds is 4. The van der Waals surface area contributed by atoms with Gasteiger partial charge in [0.25, 0.3) is 11.1 Å². The minimum atomic E-state index is -0.559. The van der Waals surface area contributed by atoms with E-state index in [0.717, 1.165) is 23.5 Å². The van der Waals surface area contributed by atoms with Gasteiger partial charge in [0, 0.05) is 11.7 Å². The second kappa shape index (κ2) is 4.47. The number of aromatic nitrogens is 2. The van der Waals surface area contributed by atoms with E-state index in [1.165, 1.54) is 11.8 Å². The number of alkyl halides is 2. The number of halogens is 2. The van der Waals surface area contributed by atoms with Crippen LogP contribution in [0.25, 0.3) is 11.5 Å². The van der Waals surface area contributed by atoms with Crippen LogP contribution in [0.1, 0.15) is 12.2 Å². The molecule has 3 rings (SSSR count). The van der Waals surface area contributed by atoms with Crippen molar-refractivity contribution in [2.24, 2.45) is 5.92 Å². The Balaban J connectivity index is 1.65. The van der Waals surface area contributed by atoms with Crippen LogP contribution in [0.5, 0.6) is 0 Å². The van der Waals surface area contributed by atoms with Crippen molar-refractivity contribution in [3.05, 3.63) is 18.1 Å². The lowest BCUT2D eigenvalue weighted by atomic mass is 10.3. The van der Waals surface area contributed by atoms with Crippen LogP contribution in [-0.2, 0) is 0 Å². The molecule has 4 nitrogen and oxygen atoms in total. The second-order valence-electron chi connectivity index (χ2n) is 4.24. The van der Waals surface area contributed by atoms with Crippen LogP contribution in [0.15, 0.2) is 26.4 Å². The summed E-state index contributed by atoms with van der Waals surface area (Å²) in [6.45, 7) is 1.85. The molecule has 0 spiro atoms. The van der Waals surface area contributed by atoms with E-state index in [1.54, 1.807) is 12.3 Å². The summed E-state index contributed by atoms with van der Waals surface area (Å²) in [5.74, 6) is 2.33. The van der Waals surface area contributed by atoms with Gasteiger partial charge in [-0.15, -0.1) is 33.4 Å². The summed E-state index contributed by atoms with van der Waals surface area (Å²) in [7, 11) is 0. The number of thioether (sulfide) groups is 1. The highest BCUT2D eigenvalue weighted by atomic mass is 35.5. The highest BCUT2D eigenvalue weighted by molar-refractivity contribution is 7.99. The zero-order valence-electron chi connectivity index (χ0n) is 9.52. The third-order valence-corrected chi connectivity index (χ3v) is 4.77. The highest BCUT2D eigenvalue weighted by Crippen LogP contribution is 2.54. The summed E-state index contributed by atoms with van der Waals surface area (Å²) >= 11 is 13.4. The van der Waals surface area contributed by atoms with Crippen LogP contribution in [-0.4, -0.2) is 20.3 Å². The van der Waals surface area contributed by atoms with Crippen molar-refractivity contribution < 1.29 is 8.83 Å². The summed E-state index contributed by atoms with van der Waals surface area (Å²) < 4.78 is 10.2. The van der Waals surface area contributed by atoms with E-state index in [4.69, 9.17) is 32.0 Å². The molecule has 0 N–H and O–H groups in total. The smallest absolute Gasteiger partial charge is 0.276 e. The van der Waals surface area contributed by atoms with E-state index in [1.807, 2.05) is 6.92 Å². The summed E-state index contributed by atoms with van der Waals surface area (Å²) in [6.07, 6.45) is 2.42. The van der Waals surface area contributed by atoms with E-state index >= 15 is 0 Å². The van der Waals surface area contributed by atoms with E-state index in [0.29, 0.717) is 17.0 Å². The van der Waals surface area contributed by atoms with Gasteiger partial charge in [0.2, 0.25) is 0 Å². The molecule has 0 amide bonds. The van der Waals surface area contributed by atoms with Gasteiger partial charge < -0.3 is 8.83 Å². The summed E-state index contributed by atoms with van der Waals surface area (Å²) in [5, 5.41) is 8.50. The Morgan fingerprint density at radius 2 is 2.28 bits per heavy atom. The average molecular weight is 305 g/mol. The minimum absolute atomic E-state index is 0.303. The van der Waals surface area contributed by atoms with Gasteiger partial charge in [0.05, 0.1) is 11.8 Å². The van der Waals surface area contributed by atoms with Gasteiger partial charge in [-0.25, -0.2) is 0 Å². The van der Waals surface area contributed by atoms with Crippen molar-refractivity contribution in [2.75, 3.05) is 5.75 Å². The molecule has 0 aromatic carbocycles. The Kier molecular flexibility index (Phi) is 3.08. The van der Waals surface area contributed by atoms with Crippen molar-refractivity contribution >= 4 is 35.0 Å². The Bertz CT molecular complexity index is 567. The van der Waals surface area contributed by atoms with E-state index < -0.39 is 4.33 Å². The van der Waals surface area contributed by atoms with Gasteiger partial charge in [0.1, 0.15) is 10.1 Å². The standard InChI is InChI=1S/C11H10Cl2N2O2S/c1-6-8(2-3-16-6)9-14-15-10(17-9)18-5-7-4-11(7,12)13/h2-3,7H,4-5H2,1H3. The molecule has 0 bridgehead atoms. The van der Waals surface area contributed by atoms with Crippen molar-refractivity contribution in [3.63, 3.8) is 0 Å². The molecule has 1 saturated carbocycles. The Morgan fingerprint density at radius 1 is 1.50 bits per heavy atom. The van der Waals surface area contributed by atoms with Gasteiger partial charge in [-0.05, 0) is 19.4 Å². The molecule has 1 unspecified atom stereocenters. The predicted molar refractivity (Wildman–Crippen MR) is 70.0 cm³/mol. The van der Waals surface area contributed by atoms with Crippen molar-refractivity contribution in [3.8, 4) is 11.5 Å². The lowest BCUT2D eigenvalue weighted by molar-refractivity contribution is 0.463. The molecule has 1 fully saturated rings. The number of nitrogens with zero attached hydrogens (tertiary/aromatic N) is 2. The summed E-state index contributed by atoms with van der Waals surface area (Å²) in [4.78, 5) is 0. The van der Waals surface area contributed by atoms with Crippen LogP contribution in [0, 0.1) is 12.8 Å². The summed E-state index contributed by atoms with van der Waals surface area (Å²) in [5.41, 5.74) is 0.824. The van der Waals surface area contributed by atoms with Crippen molar-refractivity contribution in [1.82, 2.24) is 10.2 Å². The first kappa shape index (κ1) is 12.4. The van der Waals surface area contributed by atoms with Crippen molar-refractivity contribution in [1.29, 1.82) is 0 Å². The molecule has 18 heavy (non-hydrogen) atoms. The van der Waals surface area contributed by atoms with Crippen LogP contribution in [0.3, 0.4) is 0 Å².